The third-order valence-electron chi connectivity index (χ3n) is 7.74. The first-order valence-corrected chi connectivity index (χ1v) is 13.4. The highest BCUT2D eigenvalue weighted by molar-refractivity contribution is 5.80. The van der Waals surface area contributed by atoms with Crippen LogP contribution in [0.2, 0.25) is 0 Å². The molecule has 2 fully saturated rings. The molecule has 1 aliphatic carbocycles. The number of rotatable bonds is 9. The van der Waals surface area contributed by atoms with Gasteiger partial charge in [-0.3, -0.25) is 9.69 Å². The normalized spacial score (nSPS) is 20.0. The van der Waals surface area contributed by atoms with Crippen LogP contribution in [-0.4, -0.2) is 56.0 Å². The van der Waals surface area contributed by atoms with Gasteiger partial charge in [-0.05, 0) is 66.3 Å². The van der Waals surface area contributed by atoms with Crippen molar-refractivity contribution in [3.8, 4) is 5.75 Å². The van der Waals surface area contributed by atoms with Crippen LogP contribution in [0.3, 0.4) is 0 Å². The molecule has 0 bridgehead atoms. The van der Waals surface area contributed by atoms with E-state index in [1.54, 1.807) is 7.11 Å². The van der Waals surface area contributed by atoms with E-state index in [1.165, 1.54) is 19.3 Å². The predicted octanol–water partition coefficient (Wildman–Crippen LogP) is 4.23. The molecule has 0 spiro atoms. The van der Waals surface area contributed by atoms with Crippen molar-refractivity contribution in [1.82, 2.24) is 30.1 Å². The number of aromatic amines is 1. The van der Waals surface area contributed by atoms with Crippen LogP contribution in [0.15, 0.2) is 29.1 Å². The average Bonchev–Trinajstić information content (AvgIpc) is 3.57. The lowest BCUT2D eigenvalue weighted by Crippen LogP contribution is -2.43. The maximum atomic E-state index is 13.2. The molecule has 1 saturated heterocycles. The van der Waals surface area contributed by atoms with Gasteiger partial charge in [0.1, 0.15) is 5.75 Å². The van der Waals surface area contributed by atoms with Crippen LogP contribution in [0.1, 0.15) is 76.2 Å². The molecule has 2 aromatic heterocycles. The summed E-state index contributed by atoms with van der Waals surface area (Å²) in [6.07, 6.45) is 8.19. The molecule has 3 heterocycles. The van der Waals surface area contributed by atoms with E-state index < -0.39 is 0 Å². The molecular weight excluding hydrogens is 456 g/mol. The fourth-order valence-corrected chi connectivity index (χ4v) is 5.90. The minimum atomic E-state index is -0.0464. The van der Waals surface area contributed by atoms with Crippen LogP contribution < -0.4 is 10.3 Å². The third-order valence-corrected chi connectivity index (χ3v) is 7.74. The first kappa shape index (κ1) is 24.9. The van der Waals surface area contributed by atoms with Gasteiger partial charge in [-0.2, -0.15) is 0 Å². The molecule has 0 unspecified atom stereocenters. The first-order chi connectivity index (χ1) is 17.5. The molecule has 3 aromatic rings. The fraction of sp³-hybridized carbons (Fsp3) is 0.630. The van der Waals surface area contributed by atoms with Gasteiger partial charge >= 0.3 is 0 Å². The highest BCUT2D eigenvalue weighted by Crippen LogP contribution is 2.35. The number of ether oxygens (including phenoxy) is 2. The number of nitrogens with zero attached hydrogens (tertiary/aromatic N) is 5. The number of pyridine rings is 1. The molecule has 1 saturated carbocycles. The van der Waals surface area contributed by atoms with Crippen LogP contribution >= 0.6 is 0 Å². The molecule has 5 rings (SSSR count). The van der Waals surface area contributed by atoms with Crippen LogP contribution in [-0.2, 0) is 17.8 Å². The Labute approximate surface area is 212 Å². The van der Waals surface area contributed by atoms with Gasteiger partial charge in [-0.15, -0.1) is 5.10 Å². The zero-order valence-electron chi connectivity index (χ0n) is 21.7. The van der Waals surface area contributed by atoms with Crippen molar-refractivity contribution in [2.24, 2.45) is 5.92 Å². The number of hydrogen-bond acceptors (Lipinski definition) is 7. The van der Waals surface area contributed by atoms with Crippen molar-refractivity contribution in [1.29, 1.82) is 0 Å². The average molecular weight is 495 g/mol. The molecule has 9 heteroatoms. The molecular formula is C27H38N6O3. The zero-order valence-corrected chi connectivity index (χ0v) is 21.7. The standard InChI is InChI=1S/C27H38N6O3/c1-18(2)25(26-29-30-31-33(26)17-23-10-7-13-36-23)32(21-8-5-4-6-9-21)16-20-14-19-15-22(35-3)11-12-24(19)28-27(20)34/h11-12,14-15,18,21,23,25H,4-10,13,16-17H2,1-3H3,(H,28,34)/t23-,25+/m1/s1. The van der Waals surface area contributed by atoms with Gasteiger partial charge in [0.15, 0.2) is 5.82 Å². The van der Waals surface area contributed by atoms with E-state index in [0.29, 0.717) is 19.1 Å². The highest BCUT2D eigenvalue weighted by Gasteiger charge is 2.35. The number of fused-ring (bicyclic) bond motifs is 1. The molecule has 2 aliphatic rings. The van der Waals surface area contributed by atoms with Crippen LogP contribution in [0.5, 0.6) is 5.75 Å². The van der Waals surface area contributed by atoms with E-state index in [1.807, 2.05) is 28.9 Å². The topological polar surface area (TPSA) is 98.2 Å². The minimum absolute atomic E-state index is 0.00934. The van der Waals surface area contributed by atoms with Gasteiger partial charge in [0.2, 0.25) is 0 Å². The number of hydrogen-bond donors (Lipinski definition) is 1. The van der Waals surface area contributed by atoms with E-state index in [-0.39, 0.29) is 23.6 Å². The van der Waals surface area contributed by atoms with Crippen molar-refractivity contribution in [3.63, 3.8) is 0 Å². The number of methoxy groups -OCH3 is 1. The lowest BCUT2D eigenvalue weighted by Gasteiger charge is -2.41. The summed E-state index contributed by atoms with van der Waals surface area (Å²) in [6.45, 7) is 6.46. The second kappa shape index (κ2) is 11.1. The molecule has 194 valence electrons. The summed E-state index contributed by atoms with van der Waals surface area (Å²) in [7, 11) is 1.66. The fourth-order valence-electron chi connectivity index (χ4n) is 5.90. The number of benzene rings is 1. The Morgan fingerprint density at radius 2 is 2.00 bits per heavy atom. The number of H-pyrrole nitrogens is 1. The minimum Gasteiger partial charge on any atom is -0.497 e. The SMILES string of the molecule is COc1ccc2[nH]c(=O)c(CN(C3CCCCC3)[C@H](c3nnnn3C[C@H]3CCCO3)C(C)C)cc2c1. The van der Waals surface area contributed by atoms with Crippen LogP contribution in [0.25, 0.3) is 10.9 Å². The summed E-state index contributed by atoms with van der Waals surface area (Å²) < 4.78 is 13.2. The van der Waals surface area contributed by atoms with Gasteiger partial charge in [-0.1, -0.05) is 33.1 Å². The van der Waals surface area contributed by atoms with Gasteiger partial charge in [0.25, 0.3) is 5.56 Å². The van der Waals surface area contributed by atoms with Gasteiger partial charge in [-0.25, -0.2) is 4.68 Å². The molecule has 9 nitrogen and oxygen atoms in total. The van der Waals surface area contributed by atoms with E-state index in [4.69, 9.17) is 9.47 Å². The van der Waals surface area contributed by atoms with E-state index in [0.717, 1.165) is 60.3 Å². The second-order valence-corrected chi connectivity index (χ2v) is 10.6. The van der Waals surface area contributed by atoms with Crippen molar-refractivity contribution in [2.45, 2.75) is 90.1 Å². The summed E-state index contributed by atoms with van der Waals surface area (Å²) in [5.74, 6) is 1.91. The van der Waals surface area contributed by atoms with Gasteiger partial charge in [0.05, 0.1) is 25.8 Å². The Morgan fingerprint density at radius 1 is 1.17 bits per heavy atom. The van der Waals surface area contributed by atoms with E-state index >= 15 is 0 Å². The zero-order chi connectivity index (χ0) is 25.1. The van der Waals surface area contributed by atoms with Crippen LogP contribution in [0, 0.1) is 5.92 Å². The van der Waals surface area contributed by atoms with Gasteiger partial charge in [0, 0.05) is 35.7 Å². The monoisotopic (exact) mass is 494 g/mol. The largest absolute Gasteiger partial charge is 0.497 e. The number of aromatic nitrogens is 5. The van der Waals surface area contributed by atoms with Crippen molar-refractivity contribution >= 4 is 10.9 Å². The summed E-state index contributed by atoms with van der Waals surface area (Å²) >= 11 is 0. The molecule has 0 amide bonds. The third kappa shape index (κ3) is 5.32. The van der Waals surface area contributed by atoms with Crippen molar-refractivity contribution in [3.05, 3.63) is 46.0 Å². The maximum Gasteiger partial charge on any atom is 0.252 e. The van der Waals surface area contributed by atoms with Crippen molar-refractivity contribution < 1.29 is 9.47 Å². The molecule has 2 atom stereocenters. The smallest absolute Gasteiger partial charge is 0.252 e. The summed E-state index contributed by atoms with van der Waals surface area (Å²) in [5.41, 5.74) is 1.52. The Hall–Kier alpha value is -2.78. The number of nitrogens with one attached hydrogen (secondary N) is 1. The van der Waals surface area contributed by atoms with Crippen molar-refractivity contribution in [2.75, 3.05) is 13.7 Å². The summed E-state index contributed by atoms with van der Waals surface area (Å²) in [4.78, 5) is 18.8. The predicted molar refractivity (Wildman–Crippen MR) is 138 cm³/mol. The highest BCUT2D eigenvalue weighted by atomic mass is 16.5. The first-order valence-electron chi connectivity index (χ1n) is 13.4. The second-order valence-electron chi connectivity index (χ2n) is 10.6. The molecule has 0 radical (unpaired) electrons. The van der Waals surface area contributed by atoms with E-state index in [2.05, 4.69) is 39.3 Å². The summed E-state index contributed by atoms with van der Waals surface area (Å²) in [5, 5.41) is 13.9. The Bertz CT molecular complexity index is 1210. The molecule has 36 heavy (non-hydrogen) atoms. The lowest BCUT2D eigenvalue weighted by atomic mass is 9.90. The van der Waals surface area contributed by atoms with E-state index in [9.17, 15) is 4.79 Å². The quantitative estimate of drug-likeness (QED) is 0.475. The molecule has 1 aromatic carbocycles. The number of tetrazole rings is 1. The van der Waals surface area contributed by atoms with Gasteiger partial charge < -0.3 is 14.5 Å². The Balaban J connectivity index is 1.52. The Kier molecular flexibility index (Phi) is 7.67. The lowest BCUT2D eigenvalue weighted by molar-refractivity contribution is 0.0553. The molecule has 1 N–H and O–H groups in total. The Morgan fingerprint density at radius 3 is 2.72 bits per heavy atom. The summed E-state index contributed by atoms with van der Waals surface area (Å²) in [6, 6.07) is 8.12. The van der Waals surface area contributed by atoms with Crippen LogP contribution in [0.4, 0.5) is 0 Å². The molecule has 1 aliphatic heterocycles. The maximum absolute atomic E-state index is 13.2.